The zero-order valence-corrected chi connectivity index (χ0v) is 9.82. The van der Waals surface area contributed by atoms with E-state index in [-0.39, 0.29) is 11.9 Å². The highest BCUT2D eigenvalue weighted by Crippen LogP contribution is 2.19. The molecule has 0 aliphatic carbocycles. The van der Waals surface area contributed by atoms with Gasteiger partial charge in [-0.25, -0.2) is 0 Å². The molecule has 0 unspecified atom stereocenters. The van der Waals surface area contributed by atoms with Gasteiger partial charge >= 0.3 is 6.15 Å². The minimum absolute atomic E-state index is 0.250. The topological polar surface area (TPSA) is 51.2 Å². The summed E-state index contributed by atoms with van der Waals surface area (Å²) in [5.41, 5.74) is 2.52. The predicted octanol–water partition coefficient (Wildman–Crippen LogP) is 2.49. The molecule has 16 heavy (non-hydrogen) atoms. The largest absolute Gasteiger partial charge is 0.373 e. The summed E-state index contributed by atoms with van der Waals surface area (Å²) in [5.74, 6) is 0.603. The third-order valence-electron chi connectivity index (χ3n) is 2.20. The van der Waals surface area contributed by atoms with Gasteiger partial charge in [-0.3, -0.25) is 0 Å². The molecule has 0 bridgehead atoms. The molecule has 0 spiro atoms. The van der Waals surface area contributed by atoms with Gasteiger partial charge in [-0.2, -0.15) is 9.59 Å². The number of hydrogen-bond donors (Lipinski definition) is 0. The van der Waals surface area contributed by atoms with E-state index in [1.807, 2.05) is 6.07 Å². The number of hydrogen-bond acceptors (Lipinski definition) is 3. The van der Waals surface area contributed by atoms with Crippen molar-refractivity contribution in [1.82, 2.24) is 0 Å². The average molecular weight is 220 g/mol. The van der Waals surface area contributed by atoms with Gasteiger partial charge in [0, 0.05) is 6.42 Å². The maximum atomic E-state index is 10.9. The lowest BCUT2D eigenvalue weighted by Gasteiger charge is -2.09. The Kier molecular flexibility index (Phi) is 6.73. The predicted molar refractivity (Wildman–Crippen MR) is 59.9 cm³/mol. The van der Waals surface area contributed by atoms with Crippen LogP contribution in [0.2, 0.25) is 0 Å². The quantitative estimate of drug-likeness (QED) is 0.786. The Morgan fingerprint density at radius 3 is 2.38 bits per heavy atom. The summed E-state index contributed by atoms with van der Waals surface area (Å²) in [6.45, 7) is 5.81. The van der Waals surface area contributed by atoms with E-state index in [9.17, 15) is 4.79 Å². The van der Waals surface area contributed by atoms with Gasteiger partial charge in [0.2, 0.25) is 0 Å². The molecule has 86 valence electrons. The lowest BCUT2D eigenvalue weighted by atomic mass is 9.95. The number of carbonyl (C=O) groups is 1. The van der Waals surface area contributed by atoms with Crippen molar-refractivity contribution in [2.45, 2.75) is 33.1 Å². The molecule has 0 saturated carbocycles. The number of benzene rings is 1. The molecule has 0 heterocycles. The van der Waals surface area contributed by atoms with Gasteiger partial charge in [-0.05, 0) is 25.3 Å². The molecule has 0 saturated heterocycles. The Bertz CT molecular complexity index is 377. The first-order chi connectivity index (χ1) is 7.51. The second kappa shape index (κ2) is 7.55. The Morgan fingerprint density at radius 1 is 1.38 bits per heavy atom. The third kappa shape index (κ3) is 5.89. The normalized spacial score (nSPS) is 10.7. The second-order valence-corrected chi connectivity index (χ2v) is 3.80. The summed E-state index contributed by atoms with van der Waals surface area (Å²) in [5, 5.41) is 0. The van der Waals surface area contributed by atoms with Crippen LogP contribution in [-0.2, 0) is 14.4 Å². The molecule has 0 amide bonds. The highest BCUT2D eigenvalue weighted by atomic mass is 16.2. The molecule has 1 aromatic rings. The first-order valence-corrected chi connectivity index (χ1v) is 5.06. The highest BCUT2D eigenvalue weighted by Gasteiger charge is 2.07. The van der Waals surface area contributed by atoms with E-state index >= 15 is 0 Å². The summed E-state index contributed by atoms with van der Waals surface area (Å²) >= 11 is 0. The Labute approximate surface area is 95.5 Å². The average Bonchev–Trinajstić information content (AvgIpc) is 2.18. The smallest absolute Gasteiger partial charge is 0.300 e. The van der Waals surface area contributed by atoms with Gasteiger partial charge in [0.1, 0.15) is 5.78 Å². The van der Waals surface area contributed by atoms with E-state index < -0.39 is 0 Å². The summed E-state index contributed by atoms with van der Waals surface area (Å²) in [7, 11) is 0. The summed E-state index contributed by atoms with van der Waals surface area (Å²) in [4.78, 5) is 27.2. The molecular weight excluding hydrogens is 204 g/mol. The standard InChI is InChI=1S/C12H16O.CO2/c1-9-5-4-6-12(7-9)10(2)8-11(3)13;2-1-3/h4-7,10H,8H2,1-3H3;/t10-;/m1./s1. The van der Waals surface area contributed by atoms with Gasteiger partial charge in [0.05, 0.1) is 0 Å². The van der Waals surface area contributed by atoms with Crippen LogP contribution < -0.4 is 0 Å². The molecule has 0 aliphatic heterocycles. The van der Waals surface area contributed by atoms with E-state index in [4.69, 9.17) is 9.59 Å². The highest BCUT2D eigenvalue weighted by molar-refractivity contribution is 5.76. The van der Waals surface area contributed by atoms with Gasteiger partial charge < -0.3 is 4.79 Å². The number of Topliss-reactive ketones (excluding diaryl/α,β-unsaturated/α-hetero) is 1. The van der Waals surface area contributed by atoms with Crippen LogP contribution in [-0.4, -0.2) is 11.9 Å². The molecule has 1 atom stereocenters. The van der Waals surface area contributed by atoms with Crippen LogP contribution in [0.15, 0.2) is 24.3 Å². The maximum absolute atomic E-state index is 10.9. The third-order valence-corrected chi connectivity index (χ3v) is 2.20. The molecule has 3 heteroatoms. The number of ketones is 1. The lowest BCUT2D eigenvalue weighted by Crippen LogP contribution is -2.00. The van der Waals surface area contributed by atoms with E-state index in [1.54, 1.807) is 6.92 Å². The Hall–Kier alpha value is -1.73. The second-order valence-electron chi connectivity index (χ2n) is 3.80. The molecule has 0 fully saturated rings. The molecule has 0 radical (unpaired) electrons. The first-order valence-electron chi connectivity index (χ1n) is 5.06. The molecule has 1 rings (SSSR count). The van der Waals surface area contributed by atoms with E-state index in [0.717, 1.165) is 0 Å². The monoisotopic (exact) mass is 220 g/mol. The van der Waals surface area contributed by atoms with Crippen LogP contribution in [0.4, 0.5) is 0 Å². The molecule has 0 aromatic heterocycles. The molecule has 1 aromatic carbocycles. The summed E-state index contributed by atoms with van der Waals surface area (Å²) in [6.07, 6.45) is 0.892. The van der Waals surface area contributed by atoms with Crippen molar-refractivity contribution in [2.24, 2.45) is 0 Å². The Morgan fingerprint density at radius 2 is 1.94 bits per heavy atom. The van der Waals surface area contributed by atoms with Crippen molar-refractivity contribution in [3.63, 3.8) is 0 Å². The minimum Gasteiger partial charge on any atom is -0.300 e. The molecule has 0 aliphatic rings. The van der Waals surface area contributed by atoms with Gasteiger partial charge in [0.15, 0.2) is 0 Å². The fraction of sp³-hybridized carbons (Fsp3) is 0.385. The van der Waals surface area contributed by atoms with Gasteiger partial charge in [0.25, 0.3) is 0 Å². The van der Waals surface area contributed by atoms with Crippen molar-refractivity contribution in [1.29, 1.82) is 0 Å². The SMILES string of the molecule is CC(=O)C[C@@H](C)c1cccc(C)c1.O=C=O. The van der Waals surface area contributed by atoms with Crippen LogP contribution in [0, 0.1) is 6.92 Å². The van der Waals surface area contributed by atoms with E-state index in [0.29, 0.717) is 12.3 Å². The van der Waals surface area contributed by atoms with Crippen molar-refractivity contribution in [3.05, 3.63) is 35.4 Å². The number of rotatable bonds is 3. The minimum atomic E-state index is 0.250. The van der Waals surface area contributed by atoms with Crippen LogP contribution in [0.25, 0.3) is 0 Å². The van der Waals surface area contributed by atoms with Crippen molar-refractivity contribution < 1.29 is 14.4 Å². The number of aryl methyl sites for hydroxylation is 1. The fourth-order valence-corrected chi connectivity index (χ4v) is 1.53. The zero-order valence-electron chi connectivity index (χ0n) is 9.82. The van der Waals surface area contributed by atoms with Crippen LogP contribution in [0.1, 0.15) is 37.3 Å². The molecule has 3 nitrogen and oxygen atoms in total. The zero-order chi connectivity index (χ0) is 12.6. The molecule has 0 N–H and O–H groups in total. The van der Waals surface area contributed by atoms with E-state index in [2.05, 4.69) is 32.0 Å². The van der Waals surface area contributed by atoms with Crippen LogP contribution in [0.3, 0.4) is 0 Å². The Balaban J connectivity index is 0.000000673. The molecular formula is C13H16O3. The first kappa shape index (κ1) is 14.3. The number of carbonyl (C=O) groups excluding carboxylic acids is 3. The summed E-state index contributed by atoms with van der Waals surface area (Å²) in [6, 6.07) is 8.35. The van der Waals surface area contributed by atoms with Crippen LogP contribution in [0.5, 0.6) is 0 Å². The van der Waals surface area contributed by atoms with Crippen LogP contribution >= 0.6 is 0 Å². The van der Waals surface area contributed by atoms with Crippen molar-refractivity contribution >= 4 is 11.9 Å². The maximum Gasteiger partial charge on any atom is 0.373 e. The van der Waals surface area contributed by atoms with Gasteiger partial charge in [-0.1, -0.05) is 36.8 Å². The van der Waals surface area contributed by atoms with Crippen molar-refractivity contribution in [2.75, 3.05) is 0 Å². The summed E-state index contributed by atoms with van der Waals surface area (Å²) < 4.78 is 0. The lowest BCUT2D eigenvalue weighted by molar-refractivity contribution is -0.191. The fourth-order valence-electron chi connectivity index (χ4n) is 1.53. The van der Waals surface area contributed by atoms with Crippen molar-refractivity contribution in [3.8, 4) is 0 Å². The van der Waals surface area contributed by atoms with Gasteiger partial charge in [-0.15, -0.1) is 0 Å². The van der Waals surface area contributed by atoms with E-state index in [1.165, 1.54) is 11.1 Å².